The summed E-state index contributed by atoms with van der Waals surface area (Å²) < 4.78 is 0. The molecule has 2 aliphatic rings. The zero-order valence-electron chi connectivity index (χ0n) is 15.7. The monoisotopic (exact) mass is 473 g/mol. The van der Waals surface area contributed by atoms with Gasteiger partial charge in [0, 0.05) is 38.4 Å². The van der Waals surface area contributed by atoms with Gasteiger partial charge >= 0.3 is 0 Å². The van der Waals surface area contributed by atoms with Crippen molar-refractivity contribution < 1.29 is 5.11 Å². The zero-order valence-corrected chi connectivity index (χ0v) is 18.0. The number of likely N-dealkylation sites (tertiary alicyclic amines) is 1. The van der Waals surface area contributed by atoms with E-state index < -0.39 is 5.60 Å². The van der Waals surface area contributed by atoms with Crippen molar-refractivity contribution in [2.45, 2.75) is 57.2 Å². The van der Waals surface area contributed by atoms with E-state index in [0.29, 0.717) is 12.6 Å². The first-order chi connectivity index (χ1) is 12.2. The average Bonchev–Trinajstić information content (AvgIpc) is 2.61. The number of aliphatic hydroxyl groups is 1. The van der Waals surface area contributed by atoms with Crippen molar-refractivity contribution in [3.8, 4) is 0 Å². The van der Waals surface area contributed by atoms with Crippen LogP contribution in [0.1, 0.15) is 44.7 Å². The Morgan fingerprint density at radius 3 is 2.69 bits per heavy atom. The maximum Gasteiger partial charge on any atom is 0.191 e. The van der Waals surface area contributed by atoms with Crippen molar-refractivity contribution in [1.82, 2.24) is 20.5 Å². The van der Waals surface area contributed by atoms with Gasteiger partial charge < -0.3 is 15.7 Å². The Bertz CT molecular complexity index is 556. The molecule has 7 heteroatoms. The maximum absolute atomic E-state index is 10.2. The fourth-order valence-corrected chi connectivity index (χ4v) is 3.44. The van der Waals surface area contributed by atoms with Gasteiger partial charge in [-0.1, -0.05) is 6.07 Å². The van der Waals surface area contributed by atoms with Crippen molar-refractivity contribution >= 4 is 29.9 Å². The molecule has 6 nitrogen and oxygen atoms in total. The van der Waals surface area contributed by atoms with Gasteiger partial charge in [-0.05, 0) is 51.2 Å². The van der Waals surface area contributed by atoms with Gasteiger partial charge in [0.25, 0.3) is 0 Å². The maximum atomic E-state index is 10.2. The van der Waals surface area contributed by atoms with E-state index in [9.17, 15) is 5.11 Å². The van der Waals surface area contributed by atoms with Crippen LogP contribution in [0.4, 0.5) is 0 Å². The van der Waals surface area contributed by atoms with Gasteiger partial charge in [0.1, 0.15) is 0 Å². The van der Waals surface area contributed by atoms with E-state index in [-0.39, 0.29) is 24.0 Å². The summed E-state index contributed by atoms with van der Waals surface area (Å²) in [4.78, 5) is 11.5. The molecule has 2 heterocycles. The van der Waals surface area contributed by atoms with Crippen molar-refractivity contribution in [1.29, 1.82) is 0 Å². The molecule has 0 aromatic carbocycles. The van der Waals surface area contributed by atoms with Crippen molar-refractivity contribution in [3.05, 3.63) is 30.1 Å². The van der Waals surface area contributed by atoms with Crippen molar-refractivity contribution in [2.75, 3.05) is 26.2 Å². The minimum absolute atomic E-state index is 0. The highest BCUT2D eigenvalue weighted by atomic mass is 127. The first kappa shape index (κ1) is 21.4. The van der Waals surface area contributed by atoms with Crippen LogP contribution in [0, 0.1) is 0 Å². The van der Waals surface area contributed by atoms with Crippen molar-refractivity contribution in [3.63, 3.8) is 0 Å². The second-order valence-corrected chi connectivity index (χ2v) is 7.29. The molecule has 0 spiro atoms. The van der Waals surface area contributed by atoms with Crippen LogP contribution in [-0.2, 0) is 6.54 Å². The van der Waals surface area contributed by atoms with Crippen LogP contribution in [0.3, 0.4) is 0 Å². The fourth-order valence-electron chi connectivity index (χ4n) is 3.44. The summed E-state index contributed by atoms with van der Waals surface area (Å²) in [5, 5.41) is 17.1. The van der Waals surface area contributed by atoms with Gasteiger partial charge in [0.2, 0.25) is 0 Å². The van der Waals surface area contributed by atoms with Gasteiger partial charge in [-0.25, -0.2) is 0 Å². The summed E-state index contributed by atoms with van der Waals surface area (Å²) >= 11 is 0. The fraction of sp³-hybridized carbons (Fsp3) is 0.684. The molecular formula is C19H32IN5O. The molecule has 0 bridgehead atoms. The van der Waals surface area contributed by atoms with Crippen LogP contribution in [0.5, 0.6) is 0 Å². The number of halogens is 1. The summed E-state index contributed by atoms with van der Waals surface area (Å²) in [7, 11) is 0. The topological polar surface area (TPSA) is 72.8 Å². The Kier molecular flexibility index (Phi) is 8.56. The molecule has 0 radical (unpaired) electrons. The summed E-state index contributed by atoms with van der Waals surface area (Å²) in [5.74, 6) is 0.839. The summed E-state index contributed by atoms with van der Waals surface area (Å²) in [6.07, 6.45) is 6.93. The van der Waals surface area contributed by atoms with E-state index in [2.05, 4.69) is 38.5 Å². The number of hydrogen-bond acceptors (Lipinski definition) is 4. The van der Waals surface area contributed by atoms with Crippen LogP contribution in [0.2, 0.25) is 0 Å². The minimum atomic E-state index is -0.561. The van der Waals surface area contributed by atoms with Gasteiger partial charge in [-0.2, -0.15) is 0 Å². The highest BCUT2D eigenvalue weighted by Gasteiger charge is 2.34. The normalized spacial score (nSPS) is 20.8. The van der Waals surface area contributed by atoms with Crippen molar-refractivity contribution in [2.24, 2.45) is 4.99 Å². The van der Waals surface area contributed by atoms with Crippen LogP contribution >= 0.6 is 24.0 Å². The van der Waals surface area contributed by atoms with Crippen LogP contribution in [0.25, 0.3) is 0 Å². The number of nitrogens with one attached hydrogen (secondary N) is 2. The molecule has 1 aliphatic carbocycles. The van der Waals surface area contributed by atoms with Gasteiger partial charge in [-0.3, -0.25) is 14.9 Å². The first-order valence-corrected chi connectivity index (χ1v) is 9.56. The lowest BCUT2D eigenvalue weighted by Crippen LogP contribution is -2.49. The number of rotatable bonds is 6. The third-order valence-electron chi connectivity index (χ3n) is 5.20. The molecule has 1 saturated heterocycles. The molecule has 1 aromatic heterocycles. The lowest BCUT2D eigenvalue weighted by Gasteiger charge is -2.36. The second-order valence-electron chi connectivity index (χ2n) is 7.29. The van der Waals surface area contributed by atoms with Gasteiger partial charge in [-0.15, -0.1) is 24.0 Å². The van der Waals surface area contributed by atoms with Crippen LogP contribution < -0.4 is 10.6 Å². The zero-order chi connectivity index (χ0) is 17.5. The van der Waals surface area contributed by atoms with E-state index >= 15 is 0 Å². The Balaban J connectivity index is 0.00000243. The molecule has 146 valence electrons. The first-order valence-electron chi connectivity index (χ1n) is 9.56. The third kappa shape index (κ3) is 6.35. The summed E-state index contributed by atoms with van der Waals surface area (Å²) in [5.41, 5.74) is 0.576. The van der Waals surface area contributed by atoms with Crippen LogP contribution in [-0.4, -0.2) is 58.8 Å². The third-order valence-corrected chi connectivity index (χ3v) is 5.20. The lowest BCUT2D eigenvalue weighted by molar-refractivity contribution is -0.0236. The Hall–Kier alpha value is -0.930. The van der Waals surface area contributed by atoms with Crippen LogP contribution in [0.15, 0.2) is 29.4 Å². The predicted octanol–water partition coefficient (Wildman–Crippen LogP) is 2.13. The molecular weight excluding hydrogens is 441 g/mol. The Labute approximate surface area is 173 Å². The van der Waals surface area contributed by atoms with E-state index in [1.807, 2.05) is 18.3 Å². The Morgan fingerprint density at radius 2 is 2.12 bits per heavy atom. The predicted molar refractivity (Wildman–Crippen MR) is 116 cm³/mol. The number of piperidine rings is 1. The second kappa shape index (κ2) is 10.4. The molecule has 1 aliphatic heterocycles. The molecule has 3 rings (SSSR count). The largest absolute Gasteiger partial charge is 0.388 e. The average molecular weight is 473 g/mol. The minimum Gasteiger partial charge on any atom is -0.388 e. The summed E-state index contributed by atoms with van der Waals surface area (Å²) in [6, 6.07) is 6.53. The highest BCUT2D eigenvalue weighted by molar-refractivity contribution is 14.0. The lowest BCUT2D eigenvalue weighted by atomic mass is 9.80. The molecule has 3 N–H and O–H groups in total. The van der Waals surface area contributed by atoms with Gasteiger partial charge in [0.15, 0.2) is 5.96 Å². The van der Waals surface area contributed by atoms with E-state index in [4.69, 9.17) is 0 Å². The molecule has 26 heavy (non-hydrogen) atoms. The molecule has 0 amide bonds. The molecule has 0 atom stereocenters. The Morgan fingerprint density at radius 1 is 1.35 bits per heavy atom. The molecule has 0 unspecified atom stereocenters. The molecule has 2 fully saturated rings. The number of pyridine rings is 1. The number of aromatic nitrogens is 1. The quantitative estimate of drug-likeness (QED) is 0.336. The number of guanidine groups is 1. The summed E-state index contributed by atoms with van der Waals surface area (Å²) in [6.45, 7) is 6.47. The molecule has 1 saturated carbocycles. The number of aliphatic imine (C=N–C) groups is 1. The standard InChI is InChI=1S/C19H31N5O.HI/c1-2-20-18(22-15-19(25)9-5-10-19)23-16-7-12-24(13-8-16)14-17-6-3-4-11-21-17;/h3-4,6,11,16,25H,2,5,7-10,12-15H2,1H3,(H2,20,22,23);1H. The van der Waals surface area contributed by atoms with Gasteiger partial charge in [0.05, 0.1) is 17.8 Å². The smallest absolute Gasteiger partial charge is 0.191 e. The number of nitrogens with zero attached hydrogens (tertiary/aromatic N) is 3. The van der Waals surface area contributed by atoms with E-state index in [0.717, 1.165) is 69.9 Å². The highest BCUT2D eigenvalue weighted by Crippen LogP contribution is 2.31. The van der Waals surface area contributed by atoms with E-state index in [1.54, 1.807) is 0 Å². The van der Waals surface area contributed by atoms with E-state index in [1.165, 1.54) is 0 Å². The number of hydrogen-bond donors (Lipinski definition) is 3. The molecule has 1 aromatic rings. The SMILES string of the molecule is CCNC(=NCC1(O)CCC1)NC1CCN(Cc2ccccn2)CC1.I.